The van der Waals surface area contributed by atoms with Crippen molar-refractivity contribution in [3.63, 3.8) is 0 Å². The summed E-state index contributed by atoms with van der Waals surface area (Å²) in [4.78, 5) is 14.1. The fourth-order valence-corrected chi connectivity index (χ4v) is 3.49. The molecule has 114 valence electrons. The van der Waals surface area contributed by atoms with Crippen LogP contribution in [0.4, 0.5) is 18.9 Å². The van der Waals surface area contributed by atoms with E-state index in [-0.39, 0.29) is 17.2 Å². The Morgan fingerprint density at radius 2 is 1.81 bits per heavy atom. The van der Waals surface area contributed by atoms with Crippen molar-refractivity contribution in [3.8, 4) is 0 Å². The molecule has 2 atom stereocenters. The zero-order valence-corrected chi connectivity index (χ0v) is 11.5. The molecule has 0 spiro atoms. The van der Waals surface area contributed by atoms with Crippen molar-refractivity contribution in [2.24, 2.45) is 11.8 Å². The van der Waals surface area contributed by atoms with Crippen LogP contribution in [0.25, 0.3) is 0 Å². The number of likely N-dealkylation sites (tertiary alicyclic amines) is 1. The summed E-state index contributed by atoms with van der Waals surface area (Å²) in [5, 5.41) is 0. The zero-order valence-electron chi connectivity index (χ0n) is 11.5. The first-order chi connectivity index (χ1) is 9.86. The molecular formula is C15H17F3N2O. The van der Waals surface area contributed by atoms with Crippen molar-refractivity contribution in [3.05, 3.63) is 29.3 Å². The van der Waals surface area contributed by atoms with E-state index in [0.717, 1.165) is 31.0 Å². The van der Waals surface area contributed by atoms with Crippen molar-refractivity contribution >= 4 is 11.6 Å². The lowest BCUT2D eigenvalue weighted by molar-refractivity contribution is -0.137. The van der Waals surface area contributed by atoms with Gasteiger partial charge < -0.3 is 10.6 Å². The van der Waals surface area contributed by atoms with Crippen molar-refractivity contribution in [2.45, 2.75) is 25.4 Å². The Morgan fingerprint density at radius 1 is 1.19 bits per heavy atom. The van der Waals surface area contributed by atoms with Crippen LogP contribution in [0.3, 0.4) is 0 Å². The quantitative estimate of drug-likeness (QED) is 0.810. The third kappa shape index (κ3) is 2.59. The number of anilines is 1. The topological polar surface area (TPSA) is 46.3 Å². The van der Waals surface area contributed by atoms with E-state index >= 15 is 0 Å². The Hall–Kier alpha value is -1.72. The third-order valence-corrected chi connectivity index (χ3v) is 4.62. The maximum Gasteiger partial charge on any atom is 0.416 e. The fourth-order valence-electron chi connectivity index (χ4n) is 3.49. The molecule has 2 fully saturated rings. The van der Waals surface area contributed by atoms with Gasteiger partial charge in [-0.1, -0.05) is 6.42 Å². The number of hydrogen-bond donors (Lipinski definition) is 1. The molecular weight excluding hydrogens is 281 g/mol. The molecule has 2 N–H and O–H groups in total. The predicted octanol–water partition coefficient (Wildman–Crippen LogP) is 3.16. The summed E-state index contributed by atoms with van der Waals surface area (Å²) < 4.78 is 38.3. The number of benzene rings is 1. The number of nitrogens with two attached hydrogens (primary N) is 1. The highest BCUT2D eigenvalue weighted by atomic mass is 19.4. The summed E-state index contributed by atoms with van der Waals surface area (Å²) in [6.45, 7) is 1.28. The molecule has 3 rings (SSSR count). The molecule has 1 aliphatic carbocycles. The molecule has 3 nitrogen and oxygen atoms in total. The lowest BCUT2D eigenvalue weighted by Crippen LogP contribution is -2.30. The normalized spacial score (nSPS) is 25.2. The van der Waals surface area contributed by atoms with Crippen LogP contribution in [0.15, 0.2) is 18.2 Å². The molecule has 2 aliphatic rings. The van der Waals surface area contributed by atoms with E-state index in [4.69, 9.17) is 5.73 Å². The van der Waals surface area contributed by atoms with Gasteiger partial charge in [0.05, 0.1) is 11.1 Å². The summed E-state index contributed by atoms with van der Waals surface area (Å²) >= 11 is 0. The van der Waals surface area contributed by atoms with Crippen molar-refractivity contribution < 1.29 is 18.0 Å². The number of carbonyl (C=O) groups is 1. The van der Waals surface area contributed by atoms with Crippen LogP contribution < -0.4 is 5.73 Å². The monoisotopic (exact) mass is 298 g/mol. The lowest BCUT2D eigenvalue weighted by Gasteiger charge is -2.19. The second-order valence-corrected chi connectivity index (χ2v) is 5.96. The molecule has 1 amide bonds. The first-order valence-electron chi connectivity index (χ1n) is 7.12. The number of alkyl halides is 3. The van der Waals surface area contributed by atoms with Crippen LogP contribution >= 0.6 is 0 Å². The van der Waals surface area contributed by atoms with Gasteiger partial charge in [0.15, 0.2) is 0 Å². The molecule has 0 radical (unpaired) electrons. The summed E-state index contributed by atoms with van der Waals surface area (Å²) in [6.07, 6.45) is -1.08. The van der Waals surface area contributed by atoms with Crippen molar-refractivity contribution in [2.75, 3.05) is 18.8 Å². The molecule has 0 bridgehead atoms. The minimum Gasteiger partial charge on any atom is -0.398 e. The van der Waals surface area contributed by atoms with Crippen LogP contribution in [-0.4, -0.2) is 23.9 Å². The van der Waals surface area contributed by atoms with Gasteiger partial charge in [-0.05, 0) is 42.9 Å². The largest absolute Gasteiger partial charge is 0.416 e. The van der Waals surface area contributed by atoms with E-state index in [2.05, 4.69) is 0 Å². The SMILES string of the molecule is Nc1ccc(C(F)(F)F)cc1C(=O)N1CC2CCCC2C1. The van der Waals surface area contributed by atoms with Gasteiger partial charge in [0.2, 0.25) is 0 Å². The molecule has 1 heterocycles. The van der Waals surface area contributed by atoms with Crippen molar-refractivity contribution in [1.29, 1.82) is 0 Å². The highest BCUT2D eigenvalue weighted by Crippen LogP contribution is 2.39. The van der Waals surface area contributed by atoms with Gasteiger partial charge in [-0.15, -0.1) is 0 Å². The number of carbonyl (C=O) groups excluding carboxylic acids is 1. The minimum absolute atomic E-state index is 0.0372. The van der Waals surface area contributed by atoms with Crippen LogP contribution in [0, 0.1) is 11.8 Å². The average Bonchev–Trinajstić information content (AvgIpc) is 2.97. The van der Waals surface area contributed by atoms with Crippen LogP contribution in [0.1, 0.15) is 35.2 Å². The fraction of sp³-hybridized carbons (Fsp3) is 0.533. The van der Waals surface area contributed by atoms with Crippen LogP contribution in [0.2, 0.25) is 0 Å². The predicted molar refractivity (Wildman–Crippen MR) is 72.6 cm³/mol. The Kier molecular flexibility index (Phi) is 3.34. The van der Waals surface area contributed by atoms with Crippen molar-refractivity contribution in [1.82, 2.24) is 4.90 Å². The number of halogens is 3. The van der Waals surface area contributed by atoms with E-state index in [1.807, 2.05) is 0 Å². The highest BCUT2D eigenvalue weighted by Gasteiger charge is 2.39. The maximum atomic E-state index is 12.8. The van der Waals surface area contributed by atoms with Gasteiger partial charge in [0.1, 0.15) is 0 Å². The number of rotatable bonds is 1. The number of fused-ring (bicyclic) bond motifs is 1. The number of hydrogen-bond acceptors (Lipinski definition) is 2. The molecule has 1 aromatic rings. The number of nitrogens with zero attached hydrogens (tertiary/aromatic N) is 1. The van der Waals surface area contributed by atoms with E-state index in [0.29, 0.717) is 24.9 Å². The van der Waals surface area contributed by atoms with Gasteiger partial charge in [0.25, 0.3) is 5.91 Å². The number of amides is 1. The van der Waals surface area contributed by atoms with E-state index in [1.54, 1.807) is 4.90 Å². The minimum atomic E-state index is -4.47. The second kappa shape index (κ2) is 4.93. The van der Waals surface area contributed by atoms with E-state index < -0.39 is 11.7 Å². The van der Waals surface area contributed by atoms with Gasteiger partial charge in [-0.25, -0.2) is 0 Å². The summed E-state index contributed by atoms with van der Waals surface area (Å²) in [6, 6.07) is 2.93. The zero-order chi connectivity index (χ0) is 15.2. The number of nitrogen functional groups attached to an aromatic ring is 1. The lowest BCUT2D eigenvalue weighted by atomic mass is 10.0. The smallest absolute Gasteiger partial charge is 0.398 e. The molecule has 1 aromatic carbocycles. The molecule has 6 heteroatoms. The highest BCUT2D eigenvalue weighted by molar-refractivity contribution is 5.99. The van der Waals surface area contributed by atoms with Crippen LogP contribution in [0.5, 0.6) is 0 Å². The first-order valence-corrected chi connectivity index (χ1v) is 7.12. The molecule has 1 aliphatic heterocycles. The molecule has 1 saturated carbocycles. The molecule has 21 heavy (non-hydrogen) atoms. The van der Waals surface area contributed by atoms with Gasteiger partial charge in [0, 0.05) is 18.8 Å². The Bertz CT molecular complexity index is 559. The maximum absolute atomic E-state index is 12.8. The standard InChI is InChI=1S/C15H17F3N2O/c16-15(17,18)11-4-5-13(19)12(6-11)14(21)20-7-9-2-1-3-10(9)8-20/h4-6,9-10H,1-3,7-8,19H2. The first kappa shape index (κ1) is 14.2. The Labute approximate surface area is 120 Å². The Morgan fingerprint density at radius 3 is 2.38 bits per heavy atom. The van der Waals surface area contributed by atoms with Gasteiger partial charge in [-0.3, -0.25) is 4.79 Å². The van der Waals surface area contributed by atoms with Gasteiger partial charge >= 0.3 is 6.18 Å². The second-order valence-electron chi connectivity index (χ2n) is 5.96. The van der Waals surface area contributed by atoms with E-state index in [1.165, 1.54) is 6.42 Å². The average molecular weight is 298 g/mol. The van der Waals surface area contributed by atoms with E-state index in [9.17, 15) is 18.0 Å². The molecule has 1 saturated heterocycles. The summed E-state index contributed by atoms with van der Waals surface area (Å²) in [7, 11) is 0. The molecule has 2 unspecified atom stereocenters. The summed E-state index contributed by atoms with van der Waals surface area (Å²) in [5.74, 6) is 0.620. The molecule has 0 aromatic heterocycles. The summed E-state index contributed by atoms with van der Waals surface area (Å²) in [5.41, 5.74) is 4.93. The van der Waals surface area contributed by atoms with Gasteiger partial charge in [-0.2, -0.15) is 13.2 Å². The van der Waals surface area contributed by atoms with Crippen LogP contribution in [-0.2, 0) is 6.18 Å². The third-order valence-electron chi connectivity index (χ3n) is 4.62. The Balaban J connectivity index is 1.84.